The molecule has 1 aliphatic heterocycles. The van der Waals surface area contributed by atoms with E-state index in [0.717, 1.165) is 4.90 Å². The van der Waals surface area contributed by atoms with Crippen LogP contribution in [0.5, 0.6) is 17.2 Å². The molecular weight excluding hydrogens is 632 g/mol. The first-order valence-electron chi connectivity index (χ1n) is 15.3. The molecule has 0 saturated heterocycles. The van der Waals surface area contributed by atoms with Crippen molar-refractivity contribution in [2.75, 3.05) is 16.8 Å². The molecule has 0 spiro atoms. The number of hydrogen-bond acceptors (Lipinski definition) is 10. The summed E-state index contributed by atoms with van der Waals surface area (Å²) < 4.78 is 19.6. The van der Waals surface area contributed by atoms with Crippen LogP contribution in [0, 0.1) is 0 Å². The van der Waals surface area contributed by atoms with E-state index in [1.54, 1.807) is 84.9 Å². The van der Waals surface area contributed by atoms with Gasteiger partial charge in [0, 0.05) is 17.3 Å². The molecule has 1 atom stereocenters. The number of carbonyl (C=O) groups excluding carboxylic acids is 3. The largest absolute Gasteiger partial charge is 0.490 e. The van der Waals surface area contributed by atoms with Gasteiger partial charge in [-0.1, -0.05) is 40.7 Å². The molecule has 0 radical (unpaired) electrons. The van der Waals surface area contributed by atoms with Gasteiger partial charge >= 0.3 is 0 Å². The molecule has 0 aliphatic carbocycles. The Balaban J connectivity index is 1.28. The van der Waals surface area contributed by atoms with Crippen LogP contribution in [0.15, 0.2) is 103 Å². The smallest absolute Gasteiger partial charge is 0.267 e. The van der Waals surface area contributed by atoms with Gasteiger partial charge in [0.1, 0.15) is 6.04 Å². The monoisotopic (exact) mass is 664 g/mol. The van der Waals surface area contributed by atoms with Crippen LogP contribution in [0.3, 0.4) is 0 Å². The molecular formula is C36H32N4O7S. The van der Waals surface area contributed by atoms with Crippen molar-refractivity contribution in [2.24, 2.45) is 0 Å². The van der Waals surface area contributed by atoms with Gasteiger partial charge in [-0.2, -0.15) is 0 Å². The fraction of sp³-hybridized carbons (Fsp3) is 0.167. The van der Waals surface area contributed by atoms with Crippen molar-refractivity contribution in [3.05, 3.63) is 120 Å². The Morgan fingerprint density at radius 1 is 0.875 bits per heavy atom. The van der Waals surface area contributed by atoms with E-state index in [9.17, 15) is 14.4 Å². The molecule has 4 aromatic carbocycles. The summed E-state index contributed by atoms with van der Waals surface area (Å²) in [6.45, 7) is 6.11. The summed E-state index contributed by atoms with van der Waals surface area (Å²) >= 11 is 0.634. The van der Waals surface area contributed by atoms with E-state index in [2.05, 4.69) is 15.0 Å². The van der Waals surface area contributed by atoms with Crippen LogP contribution in [0.1, 0.15) is 53.1 Å². The number of hydrogen-bond donors (Lipinski definition) is 2. The maximum absolute atomic E-state index is 13.7. The Hall–Kier alpha value is -5.59. The number of benzene rings is 4. The number of nitrogens with one attached hydrogen (secondary N) is 2. The molecule has 3 amide bonds. The van der Waals surface area contributed by atoms with Gasteiger partial charge in [0.05, 0.1) is 23.8 Å². The standard InChI is InChI=1S/C36H32N4O7S/c1-4-44-31-21-24(14-17-30(31)45-22(2)3)32(34(41)39-48-47-46-26-10-6-5-7-11-26)38-25-15-16-27-23(20-25)18-19-37-33(27)40-35(42)28-12-8-9-13-29(28)36(40)43/h5-22,32,38H,4H2,1-3H3,(H,39,41). The number of imide groups is 1. The van der Waals surface area contributed by atoms with Crippen LogP contribution in [-0.4, -0.2) is 35.4 Å². The second-order valence-corrected chi connectivity index (χ2v) is 11.5. The van der Waals surface area contributed by atoms with Crippen molar-refractivity contribution >= 4 is 52.2 Å². The Morgan fingerprint density at radius 2 is 1.60 bits per heavy atom. The molecule has 48 heavy (non-hydrogen) atoms. The molecule has 11 nitrogen and oxygen atoms in total. The Bertz CT molecular complexity index is 1940. The number of pyridine rings is 1. The Labute approximate surface area is 281 Å². The highest BCUT2D eigenvalue weighted by Gasteiger charge is 2.38. The predicted octanol–water partition coefficient (Wildman–Crippen LogP) is 7.06. The first-order chi connectivity index (χ1) is 23.3. The highest BCUT2D eigenvalue weighted by Crippen LogP contribution is 2.36. The summed E-state index contributed by atoms with van der Waals surface area (Å²) in [5.74, 6) is 0.465. The van der Waals surface area contributed by atoms with Crippen LogP contribution >= 0.6 is 12.2 Å². The summed E-state index contributed by atoms with van der Waals surface area (Å²) in [6.07, 6.45) is 1.46. The lowest BCUT2D eigenvalue weighted by molar-refractivity contribution is -0.121. The first kappa shape index (κ1) is 32.4. The highest BCUT2D eigenvalue weighted by molar-refractivity contribution is 7.93. The lowest BCUT2D eigenvalue weighted by Gasteiger charge is -2.22. The average molecular weight is 665 g/mol. The maximum Gasteiger partial charge on any atom is 0.267 e. The Morgan fingerprint density at radius 3 is 2.31 bits per heavy atom. The van der Waals surface area contributed by atoms with Crippen LogP contribution in [0.2, 0.25) is 0 Å². The van der Waals surface area contributed by atoms with E-state index in [0.29, 0.717) is 69.2 Å². The minimum atomic E-state index is -0.917. The molecule has 2 N–H and O–H groups in total. The van der Waals surface area contributed by atoms with Crippen LogP contribution in [0.25, 0.3) is 10.8 Å². The molecule has 0 saturated carbocycles. The minimum absolute atomic E-state index is 0.0808. The van der Waals surface area contributed by atoms with Gasteiger partial charge in [-0.3, -0.25) is 19.1 Å². The lowest BCUT2D eigenvalue weighted by atomic mass is 10.0. The van der Waals surface area contributed by atoms with Gasteiger partial charge < -0.3 is 19.7 Å². The van der Waals surface area contributed by atoms with Gasteiger partial charge in [-0.25, -0.2) is 9.88 Å². The Kier molecular flexibility index (Phi) is 9.74. The summed E-state index contributed by atoms with van der Waals surface area (Å²) in [7, 11) is 0. The van der Waals surface area contributed by atoms with Gasteiger partial charge in [-0.15, -0.1) is 0 Å². The lowest BCUT2D eigenvalue weighted by Crippen LogP contribution is -2.30. The zero-order valence-electron chi connectivity index (χ0n) is 26.3. The van der Waals surface area contributed by atoms with Crippen LogP contribution in [0.4, 0.5) is 11.5 Å². The van der Waals surface area contributed by atoms with E-state index < -0.39 is 23.8 Å². The highest BCUT2D eigenvalue weighted by atomic mass is 32.2. The van der Waals surface area contributed by atoms with Crippen molar-refractivity contribution in [2.45, 2.75) is 32.9 Å². The van der Waals surface area contributed by atoms with E-state index >= 15 is 0 Å². The zero-order valence-corrected chi connectivity index (χ0v) is 27.2. The maximum atomic E-state index is 13.7. The third-order valence-electron chi connectivity index (χ3n) is 7.34. The average Bonchev–Trinajstić information content (AvgIpc) is 3.35. The molecule has 1 aromatic heterocycles. The number of ether oxygens (including phenoxy) is 2. The molecule has 0 fully saturated rings. The number of rotatable bonds is 13. The summed E-state index contributed by atoms with van der Waals surface area (Å²) in [5, 5.41) is 4.60. The number of fused-ring (bicyclic) bond motifs is 2. The third kappa shape index (κ3) is 6.89. The SMILES string of the molecule is CCOc1cc(C(Nc2ccc3c(N4C(=O)c5ccccc5C4=O)nccc3c2)C(=O)NSOOc2ccccc2)ccc1OC(C)C. The van der Waals surface area contributed by atoms with E-state index in [4.69, 9.17) is 18.7 Å². The first-order valence-corrected chi connectivity index (χ1v) is 16.0. The normalized spacial score (nSPS) is 13.0. The zero-order chi connectivity index (χ0) is 33.6. The second-order valence-electron chi connectivity index (χ2n) is 11.0. The van der Waals surface area contributed by atoms with Crippen molar-refractivity contribution in [3.8, 4) is 17.2 Å². The number of carbonyl (C=O) groups is 3. The van der Waals surface area contributed by atoms with E-state index in [-0.39, 0.29) is 11.9 Å². The number of amides is 3. The van der Waals surface area contributed by atoms with Crippen LogP contribution < -0.4 is 29.3 Å². The molecule has 6 rings (SSSR count). The molecule has 2 heterocycles. The summed E-state index contributed by atoms with van der Waals surface area (Å²) in [6, 6.07) is 27.1. The van der Waals surface area contributed by atoms with Gasteiger partial charge in [0.2, 0.25) is 0 Å². The number of anilines is 2. The third-order valence-corrected chi connectivity index (χ3v) is 7.76. The topological polar surface area (TPSA) is 128 Å². The molecule has 0 bridgehead atoms. The van der Waals surface area contributed by atoms with E-state index in [1.165, 1.54) is 6.20 Å². The van der Waals surface area contributed by atoms with Crippen molar-refractivity contribution in [3.63, 3.8) is 0 Å². The fourth-order valence-corrected chi connectivity index (χ4v) is 5.60. The number of nitrogens with zero attached hydrogens (tertiary/aromatic N) is 2. The predicted molar refractivity (Wildman–Crippen MR) is 183 cm³/mol. The quantitative estimate of drug-likeness (QED) is 0.0337. The van der Waals surface area contributed by atoms with Crippen molar-refractivity contribution in [1.29, 1.82) is 0 Å². The van der Waals surface area contributed by atoms with Gasteiger partial charge in [0.25, 0.3) is 17.7 Å². The van der Waals surface area contributed by atoms with Crippen molar-refractivity contribution < 1.29 is 33.1 Å². The van der Waals surface area contributed by atoms with Gasteiger partial charge in [-0.05, 0) is 92.4 Å². The fourth-order valence-electron chi connectivity index (χ4n) is 5.25. The molecule has 12 heteroatoms. The molecule has 1 aliphatic rings. The number of para-hydroxylation sites is 1. The summed E-state index contributed by atoms with van der Waals surface area (Å²) in [5.41, 5.74) is 1.86. The number of aromatic nitrogens is 1. The molecule has 244 valence electrons. The van der Waals surface area contributed by atoms with Crippen LogP contribution in [-0.2, 0) is 9.13 Å². The van der Waals surface area contributed by atoms with Crippen molar-refractivity contribution in [1.82, 2.24) is 9.71 Å². The molecule has 1 unspecified atom stereocenters. The second kappa shape index (κ2) is 14.4. The minimum Gasteiger partial charge on any atom is -0.490 e. The van der Waals surface area contributed by atoms with Gasteiger partial charge in [0.15, 0.2) is 35.3 Å². The molecule has 5 aromatic rings. The summed E-state index contributed by atoms with van der Waals surface area (Å²) in [4.78, 5) is 50.8. The van der Waals surface area contributed by atoms with E-state index in [1.807, 2.05) is 32.9 Å².